The zero-order valence-corrected chi connectivity index (χ0v) is 9.35. The zero-order valence-electron chi connectivity index (χ0n) is 9.35. The Labute approximate surface area is 99.2 Å². The normalized spacial score (nSPS) is 14.1. The van der Waals surface area contributed by atoms with Gasteiger partial charge in [0.2, 0.25) is 0 Å². The molecular formula is C9H12F5NO3. The first-order chi connectivity index (χ1) is 7.98. The van der Waals surface area contributed by atoms with Gasteiger partial charge in [0.1, 0.15) is 0 Å². The maximum atomic E-state index is 12.5. The van der Waals surface area contributed by atoms with Gasteiger partial charge in [0.15, 0.2) is 0 Å². The van der Waals surface area contributed by atoms with Crippen LogP contribution in [0.2, 0.25) is 0 Å². The first-order valence-electron chi connectivity index (χ1n) is 4.95. The van der Waals surface area contributed by atoms with Gasteiger partial charge in [-0.25, -0.2) is 0 Å². The highest BCUT2D eigenvalue weighted by molar-refractivity contribution is 5.84. The Morgan fingerprint density at radius 1 is 1.22 bits per heavy atom. The van der Waals surface area contributed by atoms with Crippen LogP contribution in [0.5, 0.6) is 0 Å². The van der Waals surface area contributed by atoms with Gasteiger partial charge in [0.05, 0.1) is 0 Å². The highest BCUT2D eigenvalue weighted by Gasteiger charge is 2.63. The van der Waals surface area contributed by atoms with E-state index in [1.165, 1.54) is 12.2 Å². The quantitative estimate of drug-likeness (QED) is 0.729. The zero-order chi connectivity index (χ0) is 14.6. The van der Waals surface area contributed by atoms with Gasteiger partial charge in [-0.05, 0) is 19.8 Å². The molecule has 0 aliphatic rings. The second-order valence-corrected chi connectivity index (χ2v) is 3.73. The fourth-order valence-electron chi connectivity index (χ4n) is 1.07. The van der Waals surface area contributed by atoms with Crippen molar-refractivity contribution in [2.75, 3.05) is 0 Å². The average molecular weight is 277 g/mol. The van der Waals surface area contributed by atoms with E-state index in [-0.39, 0.29) is 19.3 Å². The van der Waals surface area contributed by atoms with Crippen molar-refractivity contribution in [3.8, 4) is 0 Å². The molecule has 18 heavy (non-hydrogen) atoms. The van der Waals surface area contributed by atoms with E-state index in [0.29, 0.717) is 0 Å². The lowest BCUT2D eigenvalue weighted by Crippen LogP contribution is -2.52. The molecule has 4 nitrogen and oxygen atoms in total. The summed E-state index contributed by atoms with van der Waals surface area (Å²) in [7, 11) is 0. The molecule has 0 saturated carbocycles. The SMILES string of the molecule is CC(CCCC(=O)O)NC(=O)C(F)(F)C(F)(F)F. The molecule has 1 amide bonds. The number of aliphatic carboxylic acids is 1. The molecule has 106 valence electrons. The van der Waals surface area contributed by atoms with E-state index in [2.05, 4.69) is 0 Å². The molecule has 2 N–H and O–H groups in total. The third-order valence-corrected chi connectivity index (χ3v) is 2.05. The lowest BCUT2D eigenvalue weighted by Gasteiger charge is -2.21. The smallest absolute Gasteiger partial charge is 0.463 e. The van der Waals surface area contributed by atoms with Crippen molar-refractivity contribution in [1.29, 1.82) is 0 Å². The standard InChI is InChI=1S/C9H12F5NO3/c1-5(3-2-4-6(16)17)15-7(18)8(10,11)9(12,13)14/h5H,2-4H2,1H3,(H,15,18)(H,16,17). The number of carboxylic acid groups (broad SMARTS) is 1. The Hall–Kier alpha value is -1.41. The summed E-state index contributed by atoms with van der Waals surface area (Å²) in [4.78, 5) is 20.9. The van der Waals surface area contributed by atoms with Crippen molar-refractivity contribution < 1.29 is 36.6 Å². The van der Waals surface area contributed by atoms with Gasteiger partial charge in [-0.15, -0.1) is 0 Å². The van der Waals surface area contributed by atoms with Gasteiger partial charge >= 0.3 is 24.0 Å². The molecule has 1 atom stereocenters. The number of amides is 1. The molecule has 9 heteroatoms. The molecule has 0 spiro atoms. The van der Waals surface area contributed by atoms with Crippen LogP contribution in [0.4, 0.5) is 22.0 Å². The largest absolute Gasteiger partial charge is 0.481 e. The van der Waals surface area contributed by atoms with Crippen molar-refractivity contribution in [3.05, 3.63) is 0 Å². The lowest BCUT2D eigenvalue weighted by molar-refractivity contribution is -0.270. The van der Waals surface area contributed by atoms with Gasteiger partial charge < -0.3 is 10.4 Å². The number of hydrogen-bond donors (Lipinski definition) is 2. The predicted molar refractivity (Wildman–Crippen MR) is 50.1 cm³/mol. The Bertz CT molecular complexity index is 316. The second-order valence-electron chi connectivity index (χ2n) is 3.73. The summed E-state index contributed by atoms with van der Waals surface area (Å²) in [6, 6.07) is -0.968. The van der Waals surface area contributed by atoms with Crippen LogP contribution in [0.25, 0.3) is 0 Å². The molecule has 0 radical (unpaired) electrons. The predicted octanol–water partition coefficient (Wildman–Crippen LogP) is 1.94. The molecule has 0 aliphatic heterocycles. The number of carbonyl (C=O) groups excluding carboxylic acids is 1. The van der Waals surface area contributed by atoms with Crippen molar-refractivity contribution in [2.24, 2.45) is 0 Å². The lowest BCUT2D eigenvalue weighted by atomic mass is 10.1. The number of halogens is 5. The van der Waals surface area contributed by atoms with Crippen LogP contribution in [-0.4, -0.2) is 35.1 Å². The summed E-state index contributed by atoms with van der Waals surface area (Å²) in [5.74, 6) is -9.00. The van der Waals surface area contributed by atoms with Crippen molar-refractivity contribution in [1.82, 2.24) is 5.32 Å². The molecular weight excluding hydrogens is 265 g/mol. The van der Waals surface area contributed by atoms with E-state index in [1.807, 2.05) is 0 Å². The highest BCUT2D eigenvalue weighted by atomic mass is 19.4. The van der Waals surface area contributed by atoms with Crippen molar-refractivity contribution >= 4 is 11.9 Å². The van der Waals surface area contributed by atoms with E-state index < -0.39 is 30.0 Å². The maximum Gasteiger partial charge on any atom is 0.463 e. The molecule has 0 heterocycles. The van der Waals surface area contributed by atoms with E-state index in [1.54, 1.807) is 0 Å². The van der Waals surface area contributed by atoms with Gasteiger partial charge in [0, 0.05) is 12.5 Å². The highest BCUT2D eigenvalue weighted by Crippen LogP contribution is 2.35. The third-order valence-electron chi connectivity index (χ3n) is 2.05. The molecule has 0 aromatic heterocycles. The minimum absolute atomic E-state index is 0.00796. The number of rotatable bonds is 6. The molecule has 0 aliphatic carbocycles. The van der Waals surface area contributed by atoms with Crippen LogP contribution in [0.1, 0.15) is 26.2 Å². The monoisotopic (exact) mass is 277 g/mol. The summed E-state index contributed by atoms with van der Waals surface area (Å²) >= 11 is 0. The van der Waals surface area contributed by atoms with E-state index in [0.717, 1.165) is 0 Å². The molecule has 1 unspecified atom stereocenters. The number of nitrogens with one attached hydrogen (secondary N) is 1. The fraction of sp³-hybridized carbons (Fsp3) is 0.778. The summed E-state index contributed by atoms with van der Waals surface area (Å²) in [5, 5.41) is 9.79. The van der Waals surface area contributed by atoms with Crippen LogP contribution in [0.15, 0.2) is 0 Å². The summed E-state index contributed by atoms with van der Waals surface area (Å²) in [6.07, 6.45) is -6.14. The summed E-state index contributed by atoms with van der Waals surface area (Å²) in [5.41, 5.74) is 0. The Balaban J connectivity index is 4.27. The number of hydrogen-bond acceptors (Lipinski definition) is 2. The molecule has 0 aromatic rings. The van der Waals surface area contributed by atoms with Crippen LogP contribution in [0, 0.1) is 0 Å². The maximum absolute atomic E-state index is 12.5. The first-order valence-corrected chi connectivity index (χ1v) is 4.95. The summed E-state index contributed by atoms with van der Waals surface area (Å²) in [6.45, 7) is 1.21. The first kappa shape index (κ1) is 16.6. The van der Waals surface area contributed by atoms with Gasteiger partial charge in [-0.1, -0.05) is 0 Å². The average Bonchev–Trinajstić information content (AvgIpc) is 2.14. The Morgan fingerprint density at radius 3 is 2.11 bits per heavy atom. The van der Waals surface area contributed by atoms with Gasteiger partial charge in [-0.3, -0.25) is 9.59 Å². The van der Waals surface area contributed by atoms with Crippen LogP contribution < -0.4 is 5.32 Å². The van der Waals surface area contributed by atoms with Gasteiger partial charge in [0.25, 0.3) is 0 Å². The molecule has 0 bridgehead atoms. The Kier molecular flexibility index (Phi) is 5.50. The van der Waals surface area contributed by atoms with Gasteiger partial charge in [-0.2, -0.15) is 22.0 Å². The number of alkyl halides is 5. The third kappa shape index (κ3) is 4.84. The van der Waals surface area contributed by atoms with Crippen LogP contribution in [-0.2, 0) is 9.59 Å². The topological polar surface area (TPSA) is 66.4 Å². The number of carboxylic acids is 1. The Morgan fingerprint density at radius 2 is 1.72 bits per heavy atom. The van der Waals surface area contributed by atoms with Crippen molar-refractivity contribution in [2.45, 2.75) is 44.3 Å². The molecule has 0 rings (SSSR count). The second kappa shape index (κ2) is 5.96. The van der Waals surface area contributed by atoms with Crippen molar-refractivity contribution in [3.63, 3.8) is 0 Å². The van der Waals surface area contributed by atoms with E-state index in [4.69, 9.17) is 5.11 Å². The minimum Gasteiger partial charge on any atom is -0.481 e. The van der Waals surface area contributed by atoms with Crippen LogP contribution in [0.3, 0.4) is 0 Å². The number of carbonyl (C=O) groups is 2. The van der Waals surface area contributed by atoms with E-state index in [9.17, 15) is 31.5 Å². The molecule has 0 fully saturated rings. The van der Waals surface area contributed by atoms with E-state index >= 15 is 0 Å². The fourth-order valence-corrected chi connectivity index (χ4v) is 1.07. The van der Waals surface area contributed by atoms with Crippen LogP contribution >= 0.6 is 0 Å². The summed E-state index contributed by atoms with van der Waals surface area (Å²) < 4.78 is 60.4. The molecule has 0 aromatic carbocycles. The minimum atomic E-state index is -5.95. The molecule has 0 saturated heterocycles.